The molecule has 0 bridgehead atoms. The molecule has 2 rings (SSSR count). The third-order valence-corrected chi connectivity index (χ3v) is 2.83. The van der Waals surface area contributed by atoms with Gasteiger partial charge in [0.1, 0.15) is 0 Å². The summed E-state index contributed by atoms with van der Waals surface area (Å²) in [6, 6.07) is 0. The Morgan fingerprint density at radius 3 is 2.88 bits per heavy atom. The minimum atomic E-state index is -4.12. The van der Waals surface area contributed by atoms with E-state index in [-0.39, 0.29) is 0 Å². The van der Waals surface area contributed by atoms with Crippen LogP contribution in [0.15, 0.2) is 0 Å². The minimum absolute atomic E-state index is 0.344. The number of nitrogens with one attached hydrogen (secondary N) is 1. The summed E-state index contributed by atoms with van der Waals surface area (Å²) in [5.74, 6) is 0. The maximum Gasteiger partial charge on any atom is 0.401 e. The number of fused-ring (bicyclic) bond motifs is 1. The fourth-order valence-electron chi connectivity index (χ4n) is 2.08. The van der Waals surface area contributed by atoms with Crippen LogP contribution < -0.4 is 0 Å². The number of aromatic nitrogens is 2. The molecule has 1 aliphatic rings. The molecule has 16 heavy (non-hydrogen) atoms. The van der Waals surface area contributed by atoms with E-state index in [9.17, 15) is 13.2 Å². The molecular weight excluding hydrogens is 219 g/mol. The highest BCUT2D eigenvalue weighted by Gasteiger charge is 2.32. The van der Waals surface area contributed by atoms with Crippen LogP contribution in [0.1, 0.15) is 23.4 Å². The van der Waals surface area contributed by atoms with E-state index in [1.807, 2.05) is 6.92 Å². The molecule has 1 aromatic heterocycles. The highest BCUT2D eigenvalue weighted by molar-refractivity contribution is 5.25. The molecule has 0 fully saturated rings. The summed E-state index contributed by atoms with van der Waals surface area (Å²) in [6.07, 6.45) is -2.64. The molecule has 1 aromatic rings. The van der Waals surface area contributed by atoms with E-state index in [4.69, 9.17) is 0 Å². The smallest absolute Gasteiger partial charge is 0.291 e. The number of aryl methyl sites for hydroxylation is 2. The number of alkyl halides is 3. The van der Waals surface area contributed by atoms with Crippen LogP contribution in [0.5, 0.6) is 0 Å². The fourth-order valence-corrected chi connectivity index (χ4v) is 2.08. The first kappa shape index (κ1) is 11.4. The first-order valence-corrected chi connectivity index (χ1v) is 5.27. The zero-order valence-electron chi connectivity index (χ0n) is 9.06. The quantitative estimate of drug-likeness (QED) is 0.804. The highest BCUT2D eigenvalue weighted by Crippen LogP contribution is 2.23. The Balaban J connectivity index is 2.13. The molecule has 1 N–H and O–H groups in total. The summed E-state index contributed by atoms with van der Waals surface area (Å²) in [4.78, 5) is 1.44. The Hall–Kier alpha value is -1.04. The van der Waals surface area contributed by atoms with Crippen molar-refractivity contribution < 1.29 is 13.2 Å². The lowest BCUT2D eigenvalue weighted by molar-refractivity contribution is -0.147. The summed E-state index contributed by atoms with van der Waals surface area (Å²) in [5.41, 5.74) is 2.73. The normalized spacial score (nSPS) is 18.2. The minimum Gasteiger partial charge on any atom is -0.291 e. The molecule has 6 heteroatoms. The third kappa shape index (κ3) is 2.55. The van der Waals surface area contributed by atoms with Gasteiger partial charge in [-0.25, -0.2) is 0 Å². The van der Waals surface area contributed by atoms with Gasteiger partial charge in [-0.3, -0.25) is 10.00 Å². The molecule has 0 amide bonds. The zero-order valence-corrected chi connectivity index (χ0v) is 9.06. The number of hydrogen-bond acceptors (Lipinski definition) is 2. The second kappa shape index (κ2) is 4.08. The van der Waals surface area contributed by atoms with Gasteiger partial charge >= 0.3 is 6.18 Å². The van der Waals surface area contributed by atoms with Crippen LogP contribution in [-0.4, -0.2) is 34.4 Å². The number of H-pyrrole nitrogens is 1. The molecule has 0 spiro atoms. The molecule has 0 saturated heterocycles. The van der Waals surface area contributed by atoms with Gasteiger partial charge in [0, 0.05) is 17.8 Å². The van der Waals surface area contributed by atoms with Crippen molar-refractivity contribution in [2.45, 2.75) is 32.5 Å². The van der Waals surface area contributed by atoms with E-state index in [1.165, 1.54) is 4.90 Å². The van der Waals surface area contributed by atoms with Gasteiger partial charge < -0.3 is 0 Å². The topological polar surface area (TPSA) is 31.9 Å². The maximum absolute atomic E-state index is 12.3. The lowest BCUT2D eigenvalue weighted by Gasteiger charge is -2.21. The number of hydrogen-bond donors (Lipinski definition) is 1. The standard InChI is InChI=1S/C10H14F3N3/c1-7-8-5-16(6-10(11,12)13)4-2-3-9(8)15-14-7/h2-6H2,1H3,(H,14,15). The van der Waals surface area contributed by atoms with Crippen molar-refractivity contribution in [3.8, 4) is 0 Å². The van der Waals surface area contributed by atoms with E-state index in [2.05, 4.69) is 10.2 Å². The second-order valence-corrected chi connectivity index (χ2v) is 4.20. The average molecular weight is 233 g/mol. The third-order valence-electron chi connectivity index (χ3n) is 2.83. The van der Waals surface area contributed by atoms with E-state index >= 15 is 0 Å². The first-order chi connectivity index (χ1) is 7.46. The van der Waals surface area contributed by atoms with Crippen LogP contribution in [-0.2, 0) is 13.0 Å². The number of nitrogens with zero attached hydrogens (tertiary/aromatic N) is 2. The van der Waals surface area contributed by atoms with Crippen molar-refractivity contribution >= 4 is 0 Å². The first-order valence-electron chi connectivity index (χ1n) is 5.27. The van der Waals surface area contributed by atoms with Gasteiger partial charge in [-0.2, -0.15) is 18.3 Å². The number of aromatic amines is 1. The van der Waals surface area contributed by atoms with Gasteiger partial charge in [-0.15, -0.1) is 0 Å². The summed E-state index contributed by atoms with van der Waals surface area (Å²) in [7, 11) is 0. The lowest BCUT2D eigenvalue weighted by Crippen LogP contribution is -2.34. The predicted molar refractivity (Wildman–Crippen MR) is 53.0 cm³/mol. The van der Waals surface area contributed by atoms with Crippen molar-refractivity contribution in [2.24, 2.45) is 0 Å². The van der Waals surface area contributed by atoms with Gasteiger partial charge in [-0.1, -0.05) is 0 Å². The Kier molecular flexibility index (Phi) is 2.92. The molecule has 0 atom stereocenters. The molecule has 0 radical (unpaired) electrons. The summed E-state index contributed by atoms with van der Waals surface area (Å²) in [6.45, 7) is 1.84. The summed E-state index contributed by atoms with van der Waals surface area (Å²) < 4.78 is 36.9. The second-order valence-electron chi connectivity index (χ2n) is 4.20. The molecule has 2 heterocycles. The zero-order chi connectivity index (χ0) is 11.8. The van der Waals surface area contributed by atoms with Crippen molar-refractivity contribution in [2.75, 3.05) is 13.1 Å². The van der Waals surface area contributed by atoms with Gasteiger partial charge in [0.15, 0.2) is 0 Å². The maximum atomic E-state index is 12.3. The Labute approximate surface area is 91.6 Å². The van der Waals surface area contributed by atoms with E-state index in [1.54, 1.807) is 0 Å². The van der Waals surface area contributed by atoms with E-state index in [0.717, 1.165) is 29.8 Å². The highest BCUT2D eigenvalue weighted by atomic mass is 19.4. The summed E-state index contributed by atoms with van der Waals surface area (Å²) >= 11 is 0. The Morgan fingerprint density at radius 1 is 1.44 bits per heavy atom. The van der Waals surface area contributed by atoms with Crippen LogP contribution in [0.4, 0.5) is 13.2 Å². The van der Waals surface area contributed by atoms with Crippen LogP contribution in [0, 0.1) is 6.92 Å². The monoisotopic (exact) mass is 233 g/mol. The molecule has 3 nitrogen and oxygen atoms in total. The van der Waals surface area contributed by atoms with Crippen molar-refractivity contribution in [3.63, 3.8) is 0 Å². The molecule has 1 aliphatic heterocycles. The molecular formula is C10H14F3N3. The fraction of sp³-hybridized carbons (Fsp3) is 0.700. The van der Waals surface area contributed by atoms with Gasteiger partial charge in [0.05, 0.1) is 12.2 Å². The van der Waals surface area contributed by atoms with Gasteiger partial charge in [0.25, 0.3) is 0 Å². The van der Waals surface area contributed by atoms with Crippen LogP contribution in [0.2, 0.25) is 0 Å². The van der Waals surface area contributed by atoms with Gasteiger partial charge in [0.2, 0.25) is 0 Å². The lowest BCUT2D eigenvalue weighted by atomic mass is 10.1. The molecule has 0 unspecified atom stereocenters. The number of rotatable bonds is 1. The summed E-state index contributed by atoms with van der Waals surface area (Å²) in [5, 5.41) is 6.95. The van der Waals surface area contributed by atoms with Gasteiger partial charge in [-0.05, 0) is 26.3 Å². The van der Waals surface area contributed by atoms with E-state index < -0.39 is 12.7 Å². The van der Waals surface area contributed by atoms with Crippen LogP contribution in [0.3, 0.4) is 0 Å². The van der Waals surface area contributed by atoms with Crippen LogP contribution in [0.25, 0.3) is 0 Å². The van der Waals surface area contributed by atoms with E-state index in [0.29, 0.717) is 13.1 Å². The van der Waals surface area contributed by atoms with Crippen molar-refractivity contribution in [1.29, 1.82) is 0 Å². The van der Waals surface area contributed by atoms with Crippen molar-refractivity contribution in [3.05, 3.63) is 17.0 Å². The van der Waals surface area contributed by atoms with Crippen molar-refractivity contribution in [1.82, 2.24) is 15.1 Å². The molecule has 0 aromatic carbocycles. The average Bonchev–Trinajstić information content (AvgIpc) is 2.40. The number of halogens is 3. The molecule has 90 valence electrons. The molecule has 0 saturated carbocycles. The SMILES string of the molecule is Cc1[nH]nc2c1CN(CC(F)(F)F)CCC2. The Bertz CT molecular complexity index is 370. The predicted octanol–water partition coefficient (Wildman–Crippen LogP) is 2.03. The molecule has 0 aliphatic carbocycles. The largest absolute Gasteiger partial charge is 0.401 e. The van der Waals surface area contributed by atoms with Crippen LogP contribution >= 0.6 is 0 Å². The Morgan fingerprint density at radius 2 is 2.19 bits per heavy atom.